The number of halogens is 1. The molecule has 0 saturated heterocycles. The number of benzene rings is 2. The number of nitrogens with one attached hydrogen (secondary N) is 1. The third kappa shape index (κ3) is 4.91. The van der Waals surface area contributed by atoms with Crippen LogP contribution in [0.2, 0.25) is 0 Å². The van der Waals surface area contributed by atoms with E-state index < -0.39 is 11.9 Å². The number of nitrogens with zero attached hydrogens (tertiary/aromatic N) is 1. The molecule has 0 aliphatic heterocycles. The summed E-state index contributed by atoms with van der Waals surface area (Å²) < 4.78 is 13.9. The number of hydrogen-bond donors (Lipinski definition) is 1. The molecule has 4 nitrogen and oxygen atoms in total. The molecule has 2 rings (SSSR count). The normalized spacial score (nSPS) is 11.7. The molecule has 2 aromatic rings. The molecule has 26 heavy (non-hydrogen) atoms. The second kappa shape index (κ2) is 9.13. The number of hydrogen-bond acceptors (Lipinski definition) is 2. The van der Waals surface area contributed by atoms with Crippen molar-refractivity contribution in [1.29, 1.82) is 0 Å². The lowest BCUT2D eigenvalue weighted by Crippen LogP contribution is -2.48. The molecule has 0 radical (unpaired) electrons. The summed E-state index contributed by atoms with van der Waals surface area (Å²) in [6, 6.07) is 13.4. The van der Waals surface area contributed by atoms with Gasteiger partial charge in [-0.1, -0.05) is 55.0 Å². The van der Waals surface area contributed by atoms with Crippen LogP contribution < -0.4 is 5.32 Å². The van der Waals surface area contributed by atoms with Crippen molar-refractivity contribution in [2.75, 3.05) is 7.05 Å². The maximum Gasteiger partial charge on any atom is 0.242 e. The Hall–Kier alpha value is -2.69. The second-order valence-corrected chi connectivity index (χ2v) is 6.31. The van der Waals surface area contributed by atoms with E-state index in [2.05, 4.69) is 5.32 Å². The molecule has 1 N–H and O–H groups in total. The highest BCUT2D eigenvalue weighted by atomic mass is 19.1. The number of likely N-dealkylation sites (N-methyl/N-ethyl adjacent to an activating group) is 1. The van der Waals surface area contributed by atoms with Gasteiger partial charge in [0.25, 0.3) is 0 Å². The van der Waals surface area contributed by atoms with Gasteiger partial charge in [-0.15, -0.1) is 0 Å². The van der Waals surface area contributed by atoms with Gasteiger partial charge in [0.2, 0.25) is 11.8 Å². The van der Waals surface area contributed by atoms with E-state index in [-0.39, 0.29) is 18.2 Å². The van der Waals surface area contributed by atoms with Gasteiger partial charge in [-0.25, -0.2) is 4.39 Å². The zero-order valence-electron chi connectivity index (χ0n) is 15.5. The SMILES string of the molecule is CCC(C(=O)NC)N(Cc1ccc(C)cc1)C(=O)Cc1ccccc1F. The number of carbonyl (C=O) groups is 2. The fourth-order valence-electron chi connectivity index (χ4n) is 2.88. The minimum atomic E-state index is -0.597. The summed E-state index contributed by atoms with van der Waals surface area (Å²) in [5.41, 5.74) is 2.38. The maximum absolute atomic E-state index is 13.9. The largest absolute Gasteiger partial charge is 0.357 e. The van der Waals surface area contributed by atoms with Crippen LogP contribution in [-0.2, 0) is 22.6 Å². The molecule has 2 amide bonds. The average molecular weight is 356 g/mol. The number of aryl methyl sites for hydroxylation is 1. The molecule has 0 spiro atoms. The van der Waals surface area contributed by atoms with Crippen LogP contribution in [0.3, 0.4) is 0 Å². The highest BCUT2D eigenvalue weighted by Gasteiger charge is 2.28. The smallest absolute Gasteiger partial charge is 0.242 e. The predicted octanol–water partition coefficient (Wildman–Crippen LogP) is 3.23. The Labute approximate surface area is 154 Å². The van der Waals surface area contributed by atoms with Crippen LogP contribution in [-0.4, -0.2) is 29.8 Å². The van der Waals surface area contributed by atoms with Crippen LogP contribution >= 0.6 is 0 Å². The summed E-state index contributed by atoms with van der Waals surface area (Å²) in [5, 5.41) is 2.61. The van der Waals surface area contributed by atoms with Gasteiger partial charge in [0.15, 0.2) is 0 Å². The Bertz CT molecular complexity index is 759. The number of carbonyl (C=O) groups excluding carboxylic acids is 2. The first kappa shape index (κ1) is 19.6. The van der Waals surface area contributed by atoms with Crippen molar-refractivity contribution in [2.45, 2.75) is 39.3 Å². The van der Waals surface area contributed by atoms with E-state index in [9.17, 15) is 14.0 Å². The van der Waals surface area contributed by atoms with Crippen LogP contribution in [0.1, 0.15) is 30.0 Å². The van der Waals surface area contributed by atoms with E-state index in [0.717, 1.165) is 11.1 Å². The summed E-state index contributed by atoms with van der Waals surface area (Å²) in [4.78, 5) is 26.7. The molecule has 0 aliphatic carbocycles. The highest BCUT2D eigenvalue weighted by Crippen LogP contribution is 2.16. The molecule has 138 valence electrons. The van der Waals surface area contributed by atoms with Crippen LogP contribution in [0.4, 0.5) is 4.39 Å². The molecule has 0 fully saturated rings. The Morgan fingerprint density at radius 3 is 2.35 bits per heavy atom. The predicted molar refractivity (Wildman–Crippen MR) is 100.0 cm³/mol. The van der Waals surface area contributed by atoms with E-state index in [1.54, 1.807) is 25.2 Å². The first-order chi connectivity index (χ1) is 12.5. The standard InChI is InChI=1S/C21H25FN2O2/c1-4-19(21(26)23-3)24(14-16-11-9-15(2)10-12-16)20(25)13-17-7-5-6-8-18(17)22/h5-12,19H,4,13-14H2,1-3H3,(H,23,26). The number of amides is 2. The minimum Gasteiger partial charge on any atom is -0.357 e. The van der Waals surface area contributed by atoms with E-state index >= 15 is 0 Å². The molecule has 1 unspecified atom stereocenters. The molecule has 5 heteroatoms. The second-order valence-electron chi connectivity index (χ2n) is 6.31. The summed E-state index contributed by atoms with van der Waals surface area (Å²) in [5.74, 6) is -0.906. The third-order valence-electron chi connectivity index (χ3n) is 4.41. The van der Waals surface area contributed by atoms with Crippen molar-refractivity contribution in [3.63, 3.8) is 0 Å². The summed E-state index contributed by atoms with van der Waals surface area (Å²) in [6.45, 7) is 4.15. The van der Waals surface area contributed by atoms with Crippen molar-refractivity contribution in [3.8, 4) is 0 Å². The van der Waals surface area contributed by atoms with Gasteiger partial charge < -0.3 is 10.2 Å². The molecular weight excluding hydrogens is 331 g/mol. The van der Waals surface area contributed by atoms with E-state index in [0.29, 0.717) is 18.5 Å². The Balaban J connectivity index is 2.29. The van der Waals surface area contributed by atoms with Gasteiger partial charge in [0.1, 0.15) is 11.9 Å². The van der Waals surface area contributed by atoms with E-state index in [1.165, 1.54) is 11.0 Å². The summed E-state index contributed by atoms with van der Waals surface area (Å²) >= 11 is 0. The average Bonchev–Trinajstić information content (AvgIpc) is 2.64. The van der Waals surface area contributed by atoms with E-state index in [4.69, 9.17) is 0 Å². The van der Waals surface area contributed by atoms with Crippen molar-refractivity contribution >= 4 is 11.8 Å². The Morgan fingerprint density at radius 2 is 1.77 bits per heavy atom. The van der Waals surface area contributed by atoms with E-state index in [1.807, 2.05) is 38.1 Å². The monoisotopic (exact) mass is 356 g/mol. The fraction of sp³-hybridized carbons (Fsp3) is 0.333. The highest BCUT2D eigenvalue weighted by molar-refractivity contribution is 5.88. The fourth-order valence-corrected chi connectivity index (χ4v) is 2.88. The lowest BCUT2D eigenvalue weighted by molar-refractivity contribution is -0.140. The first-order valence-electron chi connectivity index (χ1n) is 8.76. The molecule has 0 aromatic heterocycles. The lowest BCUT2D eigenvalue weighted by atomic mass is 10.1. The van der Waals surface area contributed by atoms with Gasteiger partial charge in [-0.2, -0.15) is 0 Å². The van der Waals surface area contributed by atoms with Gasteiger partial charge in [0.05, 0.1) is 6.42 Å². The molecular formula is C21H25FN2O2. The topological polar surface area (TPSA) is 49.4 Å². The van der Waals surface area contributed by atoms with Gasteiger partial charge >= 0.3 is 0 Å². The Morgan fingerprint density at radius 1 is 1.12 bits per heavy atom. The molecule has 0 saturated carbocycles. The van der Waals surface area contributed by atoms with Gasteiger partial charge in [-0.3, -0.25) is 9.59 Å². The first-order valence-corrected chi connectivity index (χ1v) is 8.76. The molecule has 0 aliphatic rings. The zero-order chi connectivity index (χ0) is 19.1. The minimum absolute atomic E-state index is 0.0774. The van der Waals surface area contributed by atoms with Gasteiger partial charge in [-0.05, 0) is 30.5 Å². The quantitative estimate of drug-likeness (QED) is 0.828. The van der Waals surface area contributed by atoms with Crippen LogP contribution in [0.15, 0.2) is 48.5 Å². The lowest BCUT2D eigenvalue weighted by Gasteiger charge is -2.30. The van der Waals surface area contributed by atoms with Crippen molar-refractivity contribution in [3.05, 3.63) is 71.0 Å². The number of rotatable bonds is 7. The maximum atomic E-state index is 13.9. The molecule has 0 heterocycles. The summed E-state index contributed by atoms with van der Waals surface area (Å²) in [6.07, 6.45) is 0.403. The third-order valence-corrected chi connectivity index (χ3v) is 4.41. The van der Waals surface area contributed by atoms with Crippen molar-refractivity contribution < 1.29 is 14.0 Å². The summed E-state index contributed by atoms with van der Waals surface area (Å²) in [7, 11) is 1.55. The van der Waals surface area contributed by atoms with Crippen molar-refractivity contribution in [2.24, 2.45) is 0 Å². The van der Waals surface area contributed by atoms with Crippen LogP contribution in [0.5, 0.6) is 0 Å². The zero-order valence-corrected chi connectivity index (χ0v) is 15.5. The van der Waals surface area contributed by atoms with Crippen LogP contribution in [0, 0.1) is 12.7 Å². The van der Waals surface area contributed by atoms with Crippen LogP contribution in [0.25, 0.3) is 0 Å². The Kier molecular flexibility index (Phi) is 6.89. The van der Waals surface area contributed by atoms with Crippen molar-refractivity contribution in [1.82, 2.24) is 10.2 Å². The molecule has 2 aromatic carbocycles. The molecule has 1 atom stereocenters. The molecule has 0 bridgehead atoms. The van der Waals surface area contributed by atoms with Gasteiger partial charge in [0, 0.05) is 13.6 Å².